The number of carbonyl (C=O) groups is 1. The molecule has 1 rings (SSSR count). The second-order valence-electron chi connectivity index (χ2n) is 4.83. The molecule has 1 atom stereocenters. The van der Waals surface area contributed by atoms with Crippen molar-refractivity contribution >= 4 is 29.9 Å². The molecular weight excluding hydrogens is 250 g/mol. The number of thiophene rings is 1. The van der Waals surface area contributed by atoms with Gasteiger partial charge in [0.15, 0.2) is 0 Å². The highest BCUT2D eigenvalue weighted by molar-refractivity contribution is 7.81. The Morgan fingerprint density at radius 1 is 1.41 bits per heavy atom. The van der Waals surface area contributed by atoms with Crippen LogP contribution in [0.25, 0.3) is 0 Å². The number of hydrogen-bond acceptors (Lipinski definition) is 3. The molecule has 0 aliphatic rings. The molecular formula is C13H21NOS2. The second-order valence-corrected chi connectivity index (χ2v) is 6.42. The SMILES string of the molecule is CC(C)C(S)C(=O)N(Cc1cccs1)C(C)C. The largest absolute Gasteiger partial charge is 0.334 e. The summed E-state index contributed by atoms with van der Waals surface area (Å²) in [5.41, 5.74) is 0. The molecule has 0 bridgehead atoms. The van der Waals surface area contributed by atoms with Gasteiger partial charge in [0.2, 0.25) is 5.91 Å². The van der Waals surface area contributed by atoms with E-state index in [4.69, 9.17) is 0 Å². The highest BCUT2D eigenvalue weighted by Gasteiger charge is 2.25. The smallest absolute Gasteiger partial charge is 0.236 e. The summed E-state index contributed by atoms with van der Waals surface area (Å²) in [6.45, 7) is 8.84. The van der Waals surface area contributed by atoms with Crippen LogP contribution in [0.3, 0.4) is 0 Å². The summed E-state index contributed by atoms with van der Waals surface area (Å²) in [6, 6.07) is 4.29. The minimum atomic E-state index is -0.211. The first-order valence-corrected chi connectivity index (χ1v) is 7.34. The maximum absolute atomic E-state index is 12.3. The topological polar surface area (TPSA) is 20.3 Å². The lowest BCUT2D eigenvalue weighted by Gasteiger charge is -2.30. The van der Waals surface area contributed by atoms with Gasteiger partial charge in [0.05, 0.1) is 11.8 Å². The molecule has 1 heterocycles. The van der Waals surface area contributed by atoms with Crippen LogP contribution < -0.4 is 0 Å². The van der Waals surface area contributed by atoms with Crippen molar-refractivity contribution in [1.29, 1.82) is 0 Å². The minimum Gasteiger partial charge on any atom is -0.334 e. The van der Waals surface area contributed by atoms with Crippen LogP contribution in [0.5, 0.6) is 0 Å². The highest BCUT2D eigenvalue weighted by atomic mass is 32.1. The van der Waals surface area contributed by atoms with E-state index >= 15 is 0 Å². The zero-order valence-corrected chi connectivity index (χ0v) is 12.6. The van der Waals surface area contributed by atoms with Crippen LogP contribution in [0.4, 0.5) is 0 Å². The Kier molecular flexibility index (Phi) is 5.53. The lowest BCUT2D eigenvalue weighted by molar-refractivity contribution is -0.133. The van der Waals surface area contributed by atoms with Crippen molar-refractivity contribution < 1.29 is 4.79 Å². The van der Waals surface area contributed by atoms with Gasteiger partial charge < -0.3 is 4.90 Å². The Morgan fingerprint density at radius 3 is 2.47 bits per heavy atom. The normalized spacial score (nSPS) is 13.1. The first-order chi connectivity index (χ1) is 7.93. The van der Waals surface area contributed by atoms with Crippen molar-refractivity contribution in [2.75, 3.05) is 0 Å². The van der Waals surface area contributed by atoms with E-state index in [1.165, 1.54) is 4.88 Å². The summed E-state index contributed by atoms with van der Waals surface area (Å²) in [6.07, 6.45) is 0. The Balaban J connectivity index is 2.76. The number of thiol groups is 1. The second kappa shape index (κ2) is 6.45. The van der Waals surface area contributed by atoms with Crippen LogP contribution in [-0.4, -0.2) is 22.1 Å². The van der Waals surface area contributed by atoms with E-state index in [2.05, 4.69) is 18.7 Å². The molecule has 4 heteroatoms. The number of amides is 1. The first-order valence-electron chi connectivity index (χ1n) is 5.94. The Bertz CT molecular complexity index is 346. The van der Waals surface area contributed by atoms with Gasteiger partial charge in [0.25, 0.3) is 0 Å². The van der Waals surface area contributed by atoms with Gasteiger partial charge in [-0.3, -0.25) is 4.79 Å². The molecule has 96 valence electrons. The fraction of sp³-hybridized carbons (Fsp3) is 0.615. The fourth-order valence-electron chi connectivity index (χ4n) is 1.54. The number of nitrogens with zero attached hydrogens (tertiary/aromatic N) is 1. The lowest BCUT2D eigenvalue weighted by Crippen LogP contribution is -2.42. The predicted octanol–water partition coefficient (Wildman–Crippen LogP) is 3.44. The van der Waals surface area contributed by atoms with E-state index in [1.807, 2.05) is 44.0 Å². The van der Waals surface area contributed by atoms with Crippen LogP contribution >= 0.6 is 24.0 Å². The van der Waals surface area contributed by atoms with Crippen LogP contribution in [0.1, 0.15) is 32.6 Å². The molecule has 0 aliphatic carbocycles. The van der Waals surface area contributed by atoms with Crippen LogP contribution in [0, 0.1) is 5.92 Å². The standard InChI is InChI=1S/C13H21NOS2/c1-9(2)12(16)13(15)14(10(3)4)8-11-6-5-7-17-11/h5-7,9-10,12,16H,8H2,1-4H3. The maximum Gasteiger partial charge on any atom is 0.236 e. The highest BCUT2D eigenvalue weighted by Crippen LogP contribution is 2.19. The van der Waals surface area contributed by atoms with Crippen LogP contribution in [0.15, 0.2) is 17.5 Å². The third-order valence-electron chi connectivity index (χ3n) is 2.70. The summed E-state index contributed by atoms with van der Waals surface area (Å²) in [4.78, 5) is 15.4. The number of hydrogen-bond donors (Lipinski definition) is 1. The summed E-state index contributed by atoms with van der Waals surface area (Å²) in [7, 11) is 0. The predicted molar refractivity (Wildman–Crippen MR) is 77.6 cm³/mol. The Hall–Kier alpha value is -0.480. The van der Waals surface area contributed by atoms with Gasteiger partial charge in [-0.05, 0) is 31.2 Å². The fourth-order valence-corrected chi connectivity index (χ4v) is 2.39. The summed E-state index contributed by atoms with van der Waals surface area (Å²) < 4.78 is 0. The molecule has 0 N–H and O–H groups in total. The van der Waals surface area contributed by atoms with E-state index in [0.717, 1.165) is 0 Å². The van der Waals surface area contributed by atoms with Crippen LogP contribution in [-0.2, 0) is 11.3 Å². The van der Waals surface area contributed by atoms with Gasteiger partial charge in [0.1, 0.15) is 0 Å². The Labute approximate surface area is 113 Å². The van der Waals surface area contributed by atoms with Crippen molar-refractivity contribution in [3.8, 4) is 0 Å². The van der Waals surface area contributed by atoms with Gasteiger partial charge >= 0.3 is 0 Å². The summed E-state index contributed by atoms with van der Waals surface area (Å²) in [5, 5.41) is 1.83. The molecule has 0 fully saturated rings. The molecule has 17 heavy (non-hydrogen) atoms. The van der Waals surface area contributed by atoms with Gasteiger partial charge in [-0.2, -0.15) is 12.6 Å². The van der Waals surface area contributed by atoms with E-state index < -0.39 is 0 Å². The molecule has 0 aromatic carbocycles. The molecule has 0 aliphatic heterocycles. The maximum atomic E-state index is 12.3. The molecule has 0 spiro atoms. The van der Waals surface area contributed by atoms with Gasteiger partial charge in [-0.1, -0.05) is 19.9 Å². The van der Waals surface area contributed by atoms with Crippen molar-refractivity contribution in [1.82, 2.24) is 4.90 Å². The zero-order valence-electron chi connectivity index (χ0n) is 10.9. The van der Waals surface area contributed by atoms with Crippen LogP contribution in [0.2, 0.25) is 0 Å². The number of carbonyl (C=O) groups excluding carboxylic acids is 1. The van der Waals surface area contributed by atoms with Crippen molar-refractivity contribution in [3.05, 3.63) is 22.4 Å². The zero-order chi connectivity index (χ0) is 13.0. The molecule has 2 nitrogen and oxygen atoms in total. The van der Waals surface area contributed by atoms with Crippen molar-refractivity contribution in [2.45, 2.75) is 45.5 Å². The van der Waals surface area contributed by atoms with Gasteiger partial charge in [0, 0.05) is 10.9 Å². The molecule has 0 saturated heterocycles. The molecule has 1 unspecified atom stereocenters. The molecule has 0 saturated carbocycles. The average Bonchev–Trinajstić information content (AvgIpc) is 2.76. The van der Waals surface area contributed by atoms with E-state index in [9.17, 15) is 4.79 Å². The monoisotopic (exact) mass is 271 g/mol. The Morgan fingerprint density at radius 2 is 2.06 bits per heavy atom. The van der Waals surface area contributed by atoms with Crippen molar-refractivity contribution in [3.63, 3.8) is 0 Å². The quantitative estimate of drug-likeness (QED) is 0.813. The first kappa shape index (κ1) is 14.6. The molecule has 1 aromatic heterocycles. The van der Waals surface area contributed by atoms with Crippen molar-refractivity contribution in [2.24, 2.45) is 5.92 Å². The van der Waals surface area contributed by atoms with Gasteiger partial charge in [-0.25, -0.2) is 0 Å². The van der Waals surface area contributed by atoms with Gasteiger partial charge in [-0.15, -0.1) is 11.3 Å². The molecule has 1 aromatic rings. The number of rotatable bonds is 5. The lowest BCUT2D eigenvalue weighted by atomic mass is 10.1. The molecule has 1 amide bonds. The minimum absolute atomic E-state index is 0.131. The third kappa shape index (κ3) is 4.03. The average molecular weight is 271 g/mol. The summed E-state index contributed by atoms with van der Waals surface area (Å²) >= 11 is 6.10. The van der Waals surface area contributed by atoms with E-state index in [0.29, 0.717) is 6.54 Å². The third-order valence-corrected chi connectivity index (χ3v) is 4.38. The van der Waals surface area contributed by atoms with E-state index in [-0.39, 0.29) is 23.1 Å². The van der Waals surface area contributed by atoms with E-state index in [1.54, 1.807) is 11.3 Å². The molecule has 0 radical (unpaired) electrons. The summed E-state index contributed by atoms with van der Waals surface area (Å²) in [5.74, 6) is 0.391.